The van der Waals surface area contributed by atoms with Crippen LogP contribution in [0.15, 0.2) is 29.2 Å². The molecule has 1 fully saturated rings. The Balaban J connectivity index is 1.85. The van der Waals surface area contributed by atoms with Crippen molar-refractivity contribution in [3.8, 4) is 0 Å². The van der Waals surface area contributed by atoms with E-state index < -0.39 is 44.6 Å². The Bertz CT molecular complexity index is 1060. The number of amides is 2. The fourth-order valence-electron chi connectivity index (χ4n) is 2.89. The molecule has 2 N–H and O–H groups in total. The molecule has 0 radical (unpaired) electrons. The minimum atomic E-state index is -4.05. The number of hydrogen-bond donors (Lipinski definition) is 2. The Kier molecular flexibility index (Phi) is 8.34. The van der Waals surface area contributed by atoms with Crippen LogP contribution < -0.4 is 10.0 Å². The molecule has 1 atom stereocenters. The zero-order chi connectivity index (χ0) is 24.1. The highest BCUT2D eigenvalue weighted by atomic mass is 32.2. The first-order chi connectivity index (χ1) is 14.8. The third kappa shape index (κ3) is 7.25. The molecule has 0 aromatic heterocycles. The third-order valence-corrected chi connectivity index (χ3v) is 7.43. The van der Waals surface area contributed by atoms with Crippen LogP contribution in [0, 0.1) is 0 Å². The van der Waals surface area contributed by atoms with Crippen molar-refractivity contribution in [3.05, 3.63) is 24.3 Å². The second-order valence-corrected chi connectivity index (χ2v) is 10.9. The number of sulfonamides is 2. The number of hydrogen-bond acceptors (Lipinski definition) is 8. The maximum atomic E-state index is 12.4. The highest BCUT2D eigenvalue weighted by Gasteiger charge is 2.28. The molecule has 32 heavy (non-hydrogen) atoms. The lowest BCUT2D eigenvalue weighted by atomic mass is 10.3. The van der Waals surface area contributed by atoms with Crippen molar-refractivity contribution in [1.82, 2.24) is 13.9 Å². The van der Waals surface area contributed by atoms with Gasteiger partial charge in [0, 0.05) is 38.8 Å². The van der Waals surface area contributed by atoms with E-state index in [-0.39, 0.29) is 37.0 Å². The molecule has 2 rings (SSSR count). The molecule has 12 nitrogen and oxygen atoms in total. The van der Waals surface area contributed by atoms with Crippen LogP contribution in [0.1, 0.15) is 13.8 Å². The maximum absolute atomic E-state index is 12.4. The van der Waals surface area contributed by atoms with Gasteiger partial charge >= 0.3 is 5.97 Å². The lowest BCUT2D eigenvalue weighted by Gasteiger charge is -2.33. The lowest BCUT2D eigenvalue weighted by molar-refractivity contribution is -0.153. The highest BCUT2D eigenvalue weighted by molar-refractivity contribution is 7.89. The first kappa shape index (κ1) is 25.7. The molecule has 0 saturated carbocycles. The topological polar surface area (TPSA) is 159 Å². The fraction of sp³-hybridized carbons (Fsp3) is 0.500. The van der Waals surface area contributed by atoms with Gasteiger partial charge in [-0.2, -0.15) is 9.03 Å². The molecule has 0 unspecified atom stereocenters. The van der Waals surface area contributed by atoms with Gasteiger partial charge in [0.1, 0.15) is 6.04 Å². The van der Waals surface area contributed by atoms with E-state index in [1.165, 1.54) is 47.3 Å². The summed E-state index contributed by atoms with van der Waals surface area (Å²) in [5.41, 5.74) is 0.416. The van der Waals surface area contributed by atoms with Crippen LogP contribution in [0.4, 0.5) is 5.69 Å². The zero-order valence-electron chi connectivity index (χ0n) is 17.9. The zero-order valence-corrected chi connectivity index (χ0v) is 19.5. The maximum Gasteiger partial charge on any atom is 0.324 e. The molecular weight excluding hydrogens is 464 g/mol. The number of benzene rings is 1. The molecule has 1 aliphatic rings. The summed E-state index contributed by atoms with van der Waals surface area (Å²) in [5.74, 6) is -1.75. The van der Waals surface area contributed by atoms with Crippen LogP contribution in [0.3, 0.4) is 0 Å². The number of esters is 1. The largest absolute Gasteiger partial charge is 0.454 e. The molecule has 14 heteroatoms. The molecule has 0 bridgehead atoms. The summed E-state index contributed by atoms with van der Waals surface area (Å²) in [7, 11) is -7.38. The minimum absolute atomic E-state index is 0.119. The molecule has 1 saturated heterocycles. The van der Waals surface area contributed by atoms with Crippen LogP contribution in [0.2, 0.25) is 0 Å². The van der Waals surface area contributed by atoms with Gasteiger partial charge in [-0.05, 0) is 31.2 Å². The average molecular weight is 491 g/mol. The SMILES string of the molecule is CC(=O)Nc1ccc(S(=O)(=O)N[C@H](C)C(=O)OCC(=O)N2CCN(S(C)(=O)=O)CC2)cc1. The average Bonchev–Trinajstić information content (AvgIpc) is 2.70. The summed E-state index contributed by atoms with van der Waals surface area (Å²) in [6.07, 6.45) is 1.09. The van der Waals surface area contributed by atoms with Gasteiger partial charge < -0.3 is 15.0 Å². The van der Waals surface area contributed by atoms with Crippen molar-refractivity contribution in [2.24, 2.45) is 0 Å². The van der Waals surface area contributed by atoms with Gasteiger partial charge in [0.05, 0.1) is 11.2 Å². The van der Waals surface area contributed by atoms with Crippen molar-refractivity contribution in [3.63, 3.8) is 0 Å². The smallest absolute Gasteiger partial charge is 0.324 e. The first-order valence-corrected chi connectivity index (χ1v) is 12.9. The summed E-state index contributed by atoms with van der Waals surface area (Å²) >= 11 is 0. The van der Waals surface area contributed by atoms with Crippen molar-refractivity contribution < 1.29 is 36.0 Å². The van der Waals surface area contributed by atoms with Crippen LogP contribution in [-0.4, -0.2) is 88.9 Å². The van der Waals surface area contributed by atoms with E-state index in [0.717, 1.165) is 6.26 Å². The summed E-state index contributed by atoms with van der Waals surface area (Å²) in [5, 5.41) is 2.51. The normalized spacial score (nSPS) is 16.3. The van der Waals surface area contributed by atoms with Gasteiger partial charge in [0.15, 0.2) is 6.61 Å². The van der Waals surface area contributed by atoms with Crippen molar-refractivity contribution >= 4 is 43.5 Å². The minimum Gasteiger partial charge on any atom is -0.454 e. The second-order valence-electron chi connectivity index (χ2n) is 7.20. The summed E-state index contributed by atoms with van der Waals surface area (Å²) in [4.78, 5) is 36.6. The number of carbonyl (C=O) groups excluding carboxylic acids is 3. The van der Waals surface area contributed by atoms with Crippen LogP contribution in [0.5, 0.6) is 0 Å². The Labute approximate surface area is 187 Å². The number of nitrogens with zero attached hydrogens (tertiary/aromatic N) is 2. The predicted octanol–water partition coefficient (Wildman–Crippen LogP) is -1.04. The third-order valence-electron chi connectivity index (χ3n) is 4.57. The van der Waals surface area contributed by atoms with Crippen LogP contribution >= 0.6 is 0 Å². The Morgan fingerprint density at radius 1 is 1.03 bits per heavy atom. The van der Waals surface area contributed by atoms with Crippen LogP contribution in [0.25, 0.3) is 0 Å². The number of piperazine rings is 1. The van der Waals surface area contributed by atoms with E-state index >= 15 is 0 Å². The van der Waals surface area contributed by atoms with Gasteiger partial charge in [-0.15, -0.1) is 0 Å². The van der Waals surface area contributed by atoms with Crippen molar-refractivity contribution in [2.75, 3.05) is 44.4 Å². The van der Waals surface area contributed by atoms with Crippen LogP contribution in [-0.2, 0) is 39.2 Å². The quantitative estimate of drug-likeness (QED) is 0.437. The molecular formula is C18H26N4O8S2. The summed E-state index contributed by atoms with van der Waals surface area (Å²) in [6.45, 7) is 2.64. The second kappa shape index (κ2) is 10.4. The Morgan fingerprint density at radius 2 is 1.59 bits per heavy atom. The molecule has 1 aromatic carbocycles. The summed E-state index contributed by atoms with van der Waals surface area (Å²) in [6, 6.07) is 4.09. The molecule has 1 aliphatic heterocycles. The van der Waals surface area contributed by atoms with Gasteiger partial charge in [0.2, 0.25) is 26.0 Å². The predicted molar refractivity (Wildman–Crippen MR) is 114 cm³/mol. The molecule has 0 spiro atoms. The van der Waals surface area contributed by atoms with E-state index in [9.17, 15) is 31.2 Å². The Hall–Kier alpha value is -2.55. The van der Waals surface area contributed by atoms with E-state index in [1.54, 1.807) is 0 Å². The first-order valence-electron chi connectivity index (χ1n) is 9.59. The molecule has 0 aliphatic carbocycles. The van der Waals surface area contributed by atoms with Crippen molar-refractivity contribution in [1.29, 1.82) is 0 Å². The molecule has 178 valence electrons. The fourth-order valence-corrected chi connectivity index (χ4v) is 4.91. The van der Waals surface area contributed by atoms with E-state index in [4.69, 9.17) is 4.74 Å². The standard InChI is InChI=1S/C18H26N4O8S2/c1-13(20-32(28,29)16-6-4-15(5-7-16)19-14(2)23)18(25)30-12-17(24)21-8-10-22(11-9-21)31(3,26)27/h4-7,13,20H,8-12H2,1-3H3,(H,19,23)/t13-/m1/s1. The summed E-state index contributed by atoms with van der Waals surface area (Å²) < 4.78 is 56.2. The van der Waals surface area contributed by atoms with E-state index in [2.05, 4.69) is 10.0 Å². The molecule has 1 aromatic rings. The number of anilines is 1. The molecule has 2 amide bonds. The number of carbonyl (C=O) groups is 3. The van der Waals surface area contributed by atoms with Gasteiger partial charge in [0.25, 0.3) is 5.91 Å². The Morgan fingerprint density at radius 3 is 2.09 bits per heavy atom. The lowest BCUT2D eigenvalue weighted by Crippen LogP contribution is -2.51. The van der Waals surface area contributed by atoms with E-state index in [1.807, 2.05) is 0 Å². The van der Waals surface area contributed by atoms with Gasteiger partial charge in [-0.1, -0.05) is 0 Å². The van der Waals surface area contributed by atoms with Gasteiger partial charge in [-0.3, -0.25) is 14.4 Å². The monoisotopic (exact) mass is 490 g/mol. The number of rotatable bonds is 8. The van der Waals surface area contributed by atoms with Gasteiger partial charge in [-0.25, -0.2) is 16.8 Å². The van der Waals surface area contributed by atoms with Crippen molar-refractivity contribution in [2.45, 2.75) is 24.8 Å². The number of nitrogens with one attached hydrogen (secondary N) is 2. The number of ether oxygens (including phenoxy) is 1. The van der Waals surface area contributed by atoms with E-state index in [0.29, 0.717) is 5.69 Å². The highest BCUT2D eigenvalue weighted by Crippen LogP contribution is 2.14. The molecule has 1 heterocycles.